The summed E-state index contributed by atoms with van der Waals surface area (Å²) >= 11 is 0. The zero-order valence-electron chi connectivity index (χ0n) is 16.4. The number of nitrogens with one attached hydrogen (secondary N) is 1. The lowest BCUT2D eigenvalue weighted by atomic mass is 9.88. The summed E-state index contributed by atoms with van der Waals surface area (Å²) < 4.78 is 6.97. The third-order valence-corrected chi connectivity index (χ3v) is 5.37. The van der Waals surface area contributed by atoms with Gasteiger partial charge in [0.2, 0.25) is 0 Å². The Bertz CT molecular complexity index is 990. The Morgan fingerprint density at radius 3 is 2.71 bits per heavy atom. The summed E-state index contributed by atoms with van der Waals surface area (Å²) in [5.41, 5.74) is 6.29. The molecule has 0 radical (unpaired) electrons. The van der Waals surface area contributed by atoms with Gasteiger partial charge in [0.1, 0.15) is 5.75 Å². The van der Waals surface area contributed by atoms with Crippen molar-refractivity contribution in [3.05, 3.63) is 76.6 Å². The maximum absolute atomic E-state index is 12.7. The van der Waals surface area contributed by atoms with Crippen LogP contribution in [0.3, 0.4) is 0 Å². The van der Waals surface area contributed by atoms with Crippen LogP contribution < -0.4 is 10.1 Å². The smallest absolute Gasteiger partial charge is 0.272 e. The summed E-state index contributed by atoms with van der Waals surface area (Å²) in [5, 5.41) is 7.54. The first-order valence-corrected chi connectivity index (χ1v) is 9.74. The third-order valence-electron chi connectivity index (χ3n) is 5.37. The fraction of sp³-hybridized carbons (Fsp3) is 0.304. The molecule has 5 heteroatoms. The SMILES string of the molecule is COc1ccc(-n2nc(C(=O)NCc3cccc4c3CCCC4)cc2C)cc1. The standard InChI is InChI=1S/C23H25N3O2/c1-16-14-22(25-26(16)19-10-12-20(28-2)13-11-19)23(27)24-15-18-8-5-7-17-6-3-4-9-21(17)18/h5,7-8,10-14H,3-4,6,9,15H2,1-2H3,(H,24,27). The average Bonchev–Trinajstić information content (AvgIpc) is 3.13. The minimum absolute atomic E-state index is 0.149. The molecule has 1 amide bonds. The van der Waals surface area contributed by atoms with Crippen molar-refractivity contribution in [1.82, 2.24) is 15.1 Å². The summed E-state index contributed by atoms with van der Waals surface area (Å²) in [5.74, 6) is 0.640. The third kappa shape index (κ3) is 3.65. The number of carbonyl (C=O) groups excluding carboxylic acids is 1. The summed E-state index contributed by atoms with van der Waals surface area (Å²) in [6.07, 6.45) is 4.73. The molecule has 0 atom stereocenters. The predicted octanol–water partition coefficient (Wildman–Crippen LogP) is 4.00. The van der Waals surface area contributed by atoms with Crippen molar-refractivity contribution in [1.29, 1.82) is 0 Å². The van der Waals surface area contributed by atoms with E-state index in [0.29, 0.717) is 12.2 Å². The van der Waals surface area contributed by atoms with E-state index in [9.17, 15) is 4.79 Å². The van der Waals surface area contributed by atoms with E-state index in [-0.39, 0.29) is 5.91 Å². The minimum atomic E-state index is -0.149. The number of nitrogens with zero attached hydrogens (tertiary/aromatic N) is 2. The summed E-state index contributed by atoms with van der Waals surface area (Å²) in [6.45, 7) is 2.48. The van der Waals surface area contributed by atoms with Gasteiger partial charge in [-0.15, -0.1) is 0 Å². The first-order chi connectivity index (χ1) is 13.7. The number of hydrogen-bond donors (Lipinski definition) is 1. The summed E-state index contributed by atoms with van der Waals surface area (Å²) in [6, 6.07) is 15.9. The quantitative estimate of drug-likeness (QED) is 0.733. The highest BCUT2D eigenvalue weighted by atomic mass is 16.5. The number of aryl methyl sites for hydroxylation is 2. The van der Waals surface area contributed by atoms with Crippen molar-refractivity contribution < 1.29 is 9.53 Å². The van der Waals surface area contributed by atoms with Crippen LogP contribution in [0.4, 0.5) is 0 Å². The number of ether oxygens (including phenoxy) is 1. The van der Waals surface area contributed by atoms with Gasteiger partial charge < -0.3 is 10.1 Å². The maximum Gasteiger partial charge on any atom is 0.272 e. The van der Waals surface area contributed by atoms with Gasteiger partial charge >= 0.3 is 0 Å². The number of hydrogen-bond acceptors (Lipinski definition) is 3. The molecule has 0 unspecified atom stereocenters. The van der Waals surface area contributed by atoms with Gasteiger partial charge in [-0.1, -0.05) is 18.2 Å². The lowest BCUT2D eigenvalue weighted by Crippen LogP contribution is -2.24. The molecule has 2 aromatic carbocycles. The molecular weight excluding hydrogens is 350 g/mol. The molecule has 144 valence electrons. The number of amides is 1. The van der Waals surface area contributed by atoms with E-state index >= 15 is 0 Å². The molecule has 0 bridgehead atoms. The molecule has 5 nitrogen and oxygen atoms in total. The van der Waals surface area contributed by atoms with Crippen LogP contribution >= 0.6 is 0 Å². The Balaban J connectivity index is 1.48. The summed E-state index contributed by atoms with van der Waals surface area (Å²) in [7, 11) is 1.64. The lowest BCUT2D eigenvalue weighted by molar-refractivity contribution is 0.0945. The van der Waals surface area contributed by atoms with Crippen LogP contribution in [-0.4, -0.2) is 22.8 Å². The van der Waals surface area contributed by atoms with E-state index in [4.69, 9.17) is 4.74 Å². The second-order valence-corrected chi connectivity index (χ2v) is 7.23. The number of fused-ring (bicyclic) bond motifs is 1. The topological polar surface area (TPSA) is 56.2 Å². The molecule has 1 aliphatic rings. The zero-order chi connectivity index (χ0) is 19.5. The van der Waals surface area contributed by atoms with Crippen molar-refractivity contribution in [2.24, 2.45) is 0 Å². The van der Waals surface area contributed by atoms with Crippen LogP contribution in [0.5, 0.6) is 5.75 Å². The van der Waals surface area contributed by atoms with Gasteiger partial charge in [0.25, 0.3) is 5.91 Å². The molecule has 28 heavy (non-hydrogen) atoms. The highest BCUT2D eigenvalue weighted by Gasteiger charge is 2.16. The van der Waals surface area contributed by atoms with Crippen molar-refractivity contribution in [2.45, 2.75) is 39.2 Å². The average molecular weight is 375 g/mol. The Morgan fingerprint density at radius 2 is 1.93 bits per heavy atom. The predicted molar refractivity (Wildman–Crippen MR) is 109 cm³/mol. The van der Waals surface area contributed by atoms with Crippen molar-refractivity contribution >= 4 is 5.91 Å². The Labute approximate surface area is 165 Å². The molecule has 1 N–H and O–H groups in total. The van der Waals surface area contributed by atoms with Crippen molar-refractivity contribution in [3.8, 4) is 11.4 Å². The zero-order valence-corrected chi connectivity index (χ0v) is 16.4. The number of benzene rings is 2. The van der Waals surface area contributed by atoms with Crippen molar-refractivity contribution in [3.63, 3.8) is 0 Å². The first-order valence-electron chi connectivity index (χ1n) is 9.74. The van der Waals surface area contributed by atoms with E-state index in [1.54, 1.807) is 11.8 Å². The van der Waals surface area contributed by atoms with Crippen LogP contribution in [0.1, 0.15) is 45.7 Å². The second-order valence-electron chi connectivity index (χ2n) is 7.23. The highest BCUT2D eigenvalue weighted by Crippen LogP contribution is 2.24. The fourth-order valence-corrected chi connectivity index (χ4v) is 3.86. The number of aromatic nitrogens is 2. The number of carbonyl (C=O) groups is 1. The molecule has 1 aromatic heterocycles. The largest absolute Gasteiger partial charge is 0.497 e. The molecule has 1 aliphatic carbocycles. The van der Waals surface area contributed by atoms with Crippen LogP contribution in [0.25, 0.3) is 5.69 Å². The minimum Gasteiger partial charge on any atom is -0.497 e. The van der Waals surface area contributed by atoms with Crippen molar-refractivity contribution in [2.75, 3.05) is 7.11 Å². The summed E-state index contributed by atoms with van der Waals surface area (Å²) in [4.78, 5) is 12.7. The maximum atomic E-state index is 12.7. The van der Waals surface area contributed by atoms with Gasteiger partial charge in [0.15, 0.2) is 5.69 Å². The molecule has 1 heterocycles. The van der Waals surface area contributed by atoms with Crippen LogP contribution in [0.15, 0.2) is 48.5 Å². The molecule has 0 fully saturated rings. The van der Waals surface area contributed by atoms with E-state index in [1.807, 2.05) is 37.3 Å². The monoisotopic (exact) mass is 375 g/mol. The van der Waals surface area contributed by atoms with Gasteiger partial charge in [0, 0.05) is 12.2 Å². The first kappa shape index (κ1) is 18.3. The Morgan fingerprint density at radius 1 is 1.14 bits per heavy atom. The van der Waals surface area contributed by atoms with E-state index < -0.39 is 0 Å². The van der Waals surface area contributed by atoms with Crippen LogP contribution in [0, 0.1) is 6.92 Å². The van der Waals surface area contributed by atoms with Gasteiger partial charge in [-0.25, -0.2) is 4.68 Å². The van der Waals surface area contributed by atoms with E-state index in [2.05, 4.69) is 28.6 Å². The number of methoxy groups -OCH3 is 1. The van der Waals surface area contributed by atoms with Crippen LogP contribution in [-0.2, 0) is 19.4 Å². The molecular formula is C23H25N3O2. The molecule has 0 aliphatic heterocycles. The second kappa shape index (κ2) is 7.89. The highest BCUT2D eigenvalue weighted by molar-refractivity contribution is 5.92. The lowest BCUT2D eigenvalue weighted by Gasteiger charge is -2.19. The van der Waals surface area contributed by atoms with Gasteiger partial charge in [-0.2, -0.15) is 5.10 Å². The number of rotatable bonds is 5. The van der Waals surface area contributed by atoms with Crippen LogP contribution in [0.2, 0.25) is 0 Å². The Kier molecular flexibility index (Phi) is 5.15. The van der Waals surface area contributed by atoms with E-state index in [1.165, 1.54) is 29.5 Å². The van der Waals surface area contributed by atoms with E-state index in [0.717, 1.165) is 30.0 Å². The van der Waals surface area contributed by atoms with Gasteiger partial charge in [-0.05, 0) is 79.6 Å². The fourth-order valence-electron chi connectivity index (χ4n) is 3.86. The van der Waals surface area contributed by atoms with Gasteiger partial charge in [-0.3, -0.25) is 4.79 Å². The Hall–Kier alpha value is -3.08. The normalized spacial score (nSPS) is 13.1. The van der Waals surface area contributed by atoms with Gasteiger partial charge in [0.05, 0.1) is 12.8 Å². The molecule has 0 saturated heterocycles. The molecule has 0 saturated carbocycles. The molecule has 3 aromatic rings. The molecule has 0 spiro atoms. The molecule has 4 rings (SSSR count).